The number of nitrogens with zero attached hydrogens (tertiary/aromatic N) is 1. The summed E-state index contributed by atoms with van der Waals surface area (Å²) in [6, 6.07) is 14.1. The lowest BCUT2D eigenvalue weighted by Gasteiger charge is -2.36. The number of benzene rings is 2. The average Bonchev–Trinajstić information content (AvgIpc) is 2.62. The predicted molar refractivity (Wildman–Crippen MR) is 115 cm³/mol. The van der Waals surface area contributed by atoms with Crippen molar-refractivity contribution < 1.29 is 4.79 Å². The molecule has 1 heterocycles. The molecule has 4 nitrogen and oxygen atoms in total. The Morgan fingerprint density at radius 3 is 2.44 bits per heavy atom. The van der Waals surface area contributed by atoms with Gasteiger partial charge < -0.3 is 16.0 Å². The van der Waals surface area contributed by atoms with Crippen LogP contribution in [-0.2, 0) is 5.41 Å². The van der Waals surface area contributed by atoms with Crippen LogP contribution < -0.4 is 16.0 Å². The molecule has 1 fully saturated rings. The first-order valence-corrected chi connectivity index (χ1v) is 9.84. The third kappa shape index (κ3) is 4.44. The van der Waals surface area contributed by atoms with Crippen molar-refractivity contribution in [3.8, 4) is 0 Å². The molecule has 0 saturated carbocycles. The van der Waals surface area contributed by atoms with Crippen molar-refractivity contribution in [2.45, 2.75) is 58.4 Å². The Bertz CT molecular complexity index is 805. The molecule has 0 bridgehead atoms. The van der Waals surface area contributed by atoms with Gasteiger partial charge in [-0.15, -0.1) is 0 Å². The zero-order valence-corrected chi connectivity index (χ0v) is 16.9. The minimum atomic E-state index is -0.105. The van der Waals surface area contributed by atoms with Crippen LogP contribution in [0.4, 0.5) is 17.1 Å². The number of piperidine rings is 1. The van der Waals surface area contributed by atoms with E-state index < -0.39 is 0 Å². The minimum Gasteiger partial charge on any atom is -0.399 e. The van der Waals surface area contributed by atoms with E-state index in [4.69, 9.17) is 5.73 Å². The fraction of sp³-hybridized carbons (Fsp3) is 0.435. The lowest BCUT2D eigenvalue weighted by atomic mass is 9.87. The highest BCUT2D eigenvalue weighted by Crippen LogP contribution is 2.33. The lowest BCUT2D eigenvalue weighted by molar-refractivity contribution is 0.102. The van der Waals surface area contributed by atoms with E-state index in [9.17, 15) is 4.79 Å². The van der Waals surface area contributed by atoms with Crippen molar-refractivity contribution in [2.24, 2.45) is 0 Å². The molecule has 4 heteroatoms. The zero-order chi connectivity index (χ0) is 19.6. The molecule has 0 aliphatic carbocycles. The second-order valence-electron chi connectivity index (χ2n) is 8.60. The number of carbonyl (C=O) groups excluding carboxylic acids is 1. The summed E-state index contributed by atoms with van der Waals surface area (Å²) in [5.74, 6) is -0.105. The normalized spacial score (nSPS) is 17.6. The van der Waals surface area contributed by atoms with Crippen LogP contribution in [0.5, 0.6) is 0 Å². The number of carbonyl (C=O) groups is 1. The molecule has 1 atom stereocenters. The molecule has 1 aliphatic rings. The fourth-order valence-corrected chi connectivity index (χ4v) is 3.68. The predicted octanol–water partition coefficient (Wildman–Crippen LogP) is 5.20. The van der Waals surface area contributed by atoms with Crippen LogP contribution >= 0.6 is 0 Å². The Morgan fingerprint density at radius 2 is 1.81 bits per heavy atom. The minimum absolute atomic E-state index is 0.0699. The van der Waals surface area contributed by atoms with Crippen molar-refractivity contribution in [3.05, 3.63) is 53.6 Å². The van der Waals surface area contributed by atoms with Gasteiger partial charge in [-0.05, 0) is 67.5 Å². The van der Waals surface area contributed by atoms with Crippen LogP contribution in [0.25, 0.3) is 0 Å². The Hall–Kier alpha value is -2.49. The molecule has 2 aromatic carbocycles. The van der Waals surface area contributed by atoms with Crippen molar-refractivity contribution in [1.82, 2.24) is 0 Å². The number of rotatable bonds is 3. The van der Waals surface area contributed by atoms with Crippen LogP contribution in [-0.4, -0.2) is 18.5 Å². The van der Waals surface area contributed by atoms with Gasteiger partial charge in [0.2, 0.25) is 0 Å². The van der Waals surface area contributed by atoms with E-state index in [0.717, 1.165) is 17.9 Å². The highest BCUT2D eigenvalue weighted by Gasteiger charge is 2.22. The Labute approximate surface area is 162 Å². The third-order valence-corrected chi connectivity index (χ3v) is 5.39. The first-order valence-electron chi connectivity index (χ1n) is 9.84. The zero-order valence-electron chi connectivity index (χ0n) is 16.9. The second kappa shape index (κ2) is 7.63. The van der Waals surface area contributed by atoms with Crippen LogP contribution in [0.1, 0.15) is 62.9 Å². The maximum Gasteiger partial charge on any atom is 0.255 e. The Morgan fingerprint density at radius 1 is 1.11 bits per heavy atom. The van der Waals surface area contributed by atoms with Crippen LogP contribution in [0.2, 0.25) is 0 Å². The van der Waals surface area contributed by atoms with Gasteiger partial charge in [0.15, 0.2) is 0 Å². The van der Waals surface area contributed by atoms with E-state index in [1.165, 1.54) is 24.8 Å². The summed E-state index contributed by atoms with van der Waals surface area (Å²) in [5, 5.41) is 3.08. The summed E-state index contributed by atoms with van der Waals surface area (Å²) < 4.78 is 0. The van der Waals surface area contributed by atoms with Crippen LogP contribution in [0, 0.1) is 0 Å². The molecule has 1 aliphatic heterocycles. The number of nitrogen functional groups attached to an aromatic ring is 1. The fourth-order valence-electron chi connectivity index (χ4n) is 3.68. The molecule has 3 N–H and O–H groups in total. The number of hydrogen-bond acceptors (Lipinski definition) is 3. The number of amides is 1. The van der Waals surface area contributed by atoms with Crippen LogP contribution in [0.3, 0.4) is 0 Å². The number of nitrogens with one attached hydrogen (secondary N) is 1. The van der Waals surface area contributed by atoms with Crippen molar-refractivity contribution >= 4 is 23.0 Å². The topological polar surface area (TPSA) is 58.4 Å². The van der Waals surface area contributed by atoms with E-state index in [1.807, 2.05) is 42.5 Å². The first kappa shape index (κ1) is 19.3. The summed E-state index contributed by atoms with van der Waals surface area (Å²) >= 11 is 0. The SMILES string of the molecule is C[C@@H]1CCCCN1c1ccc(N)cc1NC(=O)c1ccc(C(C)(C)C)cc1. The molecule has 3 rings (SSSR count). The molecule has 2 aromatic rings. The summed E-state index contributed by atoms with van der Waals surface area (Å²) in [4.78, 5) is 15.2. The average molecular weight is 366 g/mol. The standard InChI is InChI=1S/C23H31N3O/c1-16-7-5-6-14-26(16)21-13-12-19(24)15-20(21)25-22(27)17-8-10-18(11-9-17)23(2,3)4/h8-13,15-16H,5-7,14,24H2,1-4H3,(H,25,27)/t16-/m1/s1. The van der Waals surface area contributed by atoms with E-state index in [2.05, 4.69) is 37.9 Å². The molecule has 0 spiro atoms. The maximum atomic E-state index is 12.8. The smallest absolute Gasteiger partial charge is 0.255 e. The Balaban J connectivity index is 1.84. The Kier molecular flexibility index (Phi) is 5.45. The highest BCUT2D eigenvalue weighted by atomic mass is 16.1. The number of anilines is 3. The van der Waals surface area contributed by atoms with E-state index in [0.29, 0.717) is 17.3 Å². The second-order valence-corrected chi connectivity index (χ2v) is 8.60. The van der Waals surface area contributed by atoms with Gasteiger partial charge in [-0.25, -0.2) is 0 Å². The van der Waals surface area contributed by atoms with Gasteiger partial charge in [0, 0.05) is 23.8 Å². The molecule has 1 amide bonds. The van der Waals surface area contributed by atoms with Crippen molar-refractivity contribution in [1.29, 1.82) is 0 Å². The van der Waals surface area contributed by atoms with Gasteiger partial charge in [-0.1, -0.05) is 32.9 Å². The maximum absolute atomic E-state index is 12.8. The quantitative estimate of drug-likeness (QED) is 0.735. The van der Waals surface area contributed by atoms with Gasteiger partial charge in [0.05, 0.1) is 11.4 Å². The van der Waals surface area contributed by atoms with Gasteiger partial charge in [-0.3, -0.25) is 4.79 Å². The molecule has 1 saturated heterocycles. The van der Waals surface area contributed by atoms with Crippen molar-refractivity contribution in [2.75, 3.05) is 22.5 Å². The molecule has 0 unspecified atom stereocenters. The van der Waals surface area contributed by atoms with E-state index >= 15 is 0 Å². The van der Waals surface area contributed by atoms with E-state index in [-0.39, 0.29) is 11.3 Å². The van der Waals surface area contributed by atoms with Gasteiger partial charge in [-0.2, -0.15) is 0 Å². The number of nitrogens with two attached hydrogens (primary N) is 1. The highest BCUT2D eigenvalue weighted by molar-refractivity contribution is 6.06. The first-order chi connectivity index (χ1) is 12.8. The lowest BCUT2D eigenvalue weighted by Crippen LogP contribution is -2.38. The molecular weight excluding hydrogens is 334 g/mol. The summed E-state index contributed by atoms with van der Waals surface area (Å²) in [6.45, 7) is 9.75. The molecule has 0 aromatic heterocycles. The molecular formula is C23H31N3O. The largest absolute Gasteiger partial charge is 0.399 e. The summed E-state index contributed by atoms with van der Waals surface area (Å²) in [6.07, 6.45) is 3.61. The van der Waals surface area contributed by atoms with E-state index in [1.54, 1.807) is 0 Å². The number of hydrogen-bond donors (Lipinski definition) is 2. The molecule has 27 heavy (non-hydrogen) atoms. The monoisotopic (exact) mass is 365 g/mol. The summed E-state index contributed by atoms with van der Waals surface area (Å²) in [5.41, 5.74) is 10.4. The van der Waals surface area contributed by atoms with Gasteiger partial charge in [0.25, 0.3) is 5.91 Å². The van der Waals surface area contributed by atoms with Crippen molar-refractivity contribution in [3.63, 3.8) is 0 Å². The third-order valence-electron chi connectivity index (χ3n) is 5.39. The summed E-state index contributed by atoms with van der Waals surface area (Å²) in [7, 11) is 0. The molecule has 144 valence electrons. The van der Waals surface area contributed by atoms with Crippen LogP contribution in [0.15, 0.2) is 42.5 Å². The van der Waals surface area contributed by atoms with Gasteiger partial charge >= 0.3 is 0 Å². The van der Waals surface area contributed by atoms with Gasteiger partial charge in [0.1, 0.15) is 0 Å². The molecule has 0 radical (unpaired) electrons.